The third-order valence-corrected chi connectivity index (χ3v) is 6.50. The number of benzene rings is 3. The fourth-order valence-electron chi connectivity index (χ4n) is 3.47. The molecule has 0 saturated carbocycles. The van der Waals surface area contributed by atoms with Crippen LogP contribution in [0, 0.1) is 12.7 Å². The number of anilines is 1. The number of carbonyl (C=O) groups is 1. The molecule has 0 fully saturated rings. The number of nitrogens with one attached hydrogen (secondary N) is 2. The number of amides is 1. The van der Waals surface area contributed by atoms with Crippen molar-refractivity contribution in [2.45, 2.75) is 24.3 Å². The first-order chi connectivity index (χ1) is 14.8. The molecule has 31 heavy (non-hydrogen) atoms. The number of para-hydroxylation sites is 1. The number of halogens is 1. The maximum atomic E-state index is 13.1. The van der Waals surface area contributed by atoms with Crippen LogP contribution >= 0.6 is 0 Å². The number of rotatable bonds is 5. The fourth-order valence-corrected chi connectivity index (χ4v) is 4.56. The van der Waals surface area contributed by atoms with Gasteiger partial charge in [-0.2, -0.15) is 0 Å². The molecule has 3 aromatic carbocycles. The van der Waals surface area contributed by atoms with Crippen molar-refractivity contribution in [1.29, 1.82) is 0 Å². The average molecular weight is 440 g/mol. The summed E-state index contributed by atoms with van der Waals surface area (Å²) >= 11 is 0. The van der Waals surface area contributed by atoms with Gasteiger partial charge in [-0.15, -0.1) is 0 Å². The molecule has 1 amide bonds. The maximum absolute atomic E-state index is 13.1. The summed E-state index contributed by atoms with van der Waals surface area (Å²) in [5.41, 5.74) is 2.04. The minimum absolute atomic E-state index is 0.0556. The number of fused-ring (bicyclic) bond motifs is 1. The summed E-state index contributed by atoms with van der Waals surface area (Å²) < 4.78 is 46.7. The van der Waals surface area contributed by atoms with Crippen LogP contribution in [0.5, 0.6) is 5.75 Å². The van der Waals surface area contributed by atoms with E-state index in [0.717, 1.165) is 23.4 Å². The van der Waals surface area contributed by atoms with Gasteiger partial charge >= 0.3 is 0 Å². The van der Waals surface area contributed by atoms with E-state index in [1.807, 2.05) is 24.3 Å². The second kappa shape index (κ2) is 8.39. The predicted octanol–water partition coefficient (Wildman–Crippen LogP) is 4.19. The van der Waals surface area contributed by atoms with E-state index in [0.29, 0.717) is 18.6 Å². The van der Waals surface area contributed by atoms with E-state index in [2.05, 4.69) is 10.0 Å². The van der Waals surface area contributed by atoms with Crippen molar-refractivity contribution in [3.63, 3.8) is 0 Å². The Morgan fingerprint density at radius 1 is 1.06 bits per heavy atom. The lowest BCUT2D eigenvalue weighted by Gasteiger charge is -2.27. The highest BCUT2D eigenvalue weighted by molar-refractivity contribution is 7.92. The van der Waals surface area contributed by atoms with Gasteiger partial charge in [0.05, 0.1) is 17.5 Å². The first-order valence-corrected chi connectivity index (χ1v) is 11.2. The Morgan fingerprint density at radius 3 is 2.58 bits per heavy atom. The van der Waals surface area contributed by atoms with Gasteiger partial charge in [-0.1, -0.05) is 24.3 Å². The molecule has 0 radical (unpaired) electrons. The van der Waals surface area contributed by atoms with Crippen molar-refractivity contribution in [1.82, 2.24) is 5.32 Å². The average Bonchev–Trinajstić information content (AvgIpc) is 2.75. The van der Waals surface area contributed by atoms with Gasteiger partial charge in [0, 0.05) is 23.2 Å². The molecule has 1 aliphatic rings. The standard InChI is InChI=1S/C23H21FN2O4S/c1-15-6-11-18(31(28,29)26-17-9-7-16(24)8-10-17)14-20(15)23(27)25-21-12-13-30-22-5-3-2-4-19(21)22/h2-11,14,21,26H,12-13H2,1H3,(H,25,27)/t21-/m0/s1. The highest BCUT2D eigenvalue weighted by Gasteiger charge is 2.25. The minimum atomic E-state index is -3.95. The zero-order chi connectivity index (χ0) is 22.0. The van der Waals surface area contributed by atoms with E-state index in [1.165, 1.54) is 24.3 Å². The Balaban J connectivity index is 1.58. The van der Waals surface area contributed by atoms with Gasteiger partial charge in [-0.05, 0) is 55.0 Å². The first kappa shape index (κ1) is 20.9. The lowest BCUT2D eigenvalue weighted by Crippen LogP contribution is -2.32. The van der Waals surface area contributed by atoms with E-state index in [1.54, 1.807) is 13.0 Å². The van der Waals surface area contributed by atoms with Crippen molar-refractivity contribution in [2.75, 3.05) is 11.3 Å². The smallest absolute Gasteiger partial charge is 0.261 e. The second-order valence-electron chi connectivity index (χ2n) is 7.29. The summed E-state index contributed by atoms with van der Waals surface area (Å²) in [6.45, 7) is 2.23. The lowest BCUT2D eigenvalue weighted by molar-refractivity contribution is 0.0924. The van der Waals surface area contributed by atoms with Crippen LogP contribution in [0.15, 0.2) is 71.6 Å². The first-order valence-electron chi connectivity index (χ1n) is 9.75. The van der Waals surface area contributed by atoms with Gasteiger partial charge in [0.2, 0.25) is 0 Å². The second-order valence-corrected chi connectivity index (χ2v) is 8.97. The molecule has 1 aliphatic heterocycles. The summed E-state index contributed by atoms with van der Waals surface area (Å²) in [4.78, 5) is 13.0. The Kier molecular flexibility index (Phi) is 5.65. The molecular weight excluding hydrogens is 419 g/mol. The largest absolute Gasteiger partial charge is 0.493 e. The Labute approximate surface area is 180 Å². The van der Waals surface area contributed by atoms with Gasteiger partial charge in [-0.3, -0.25) is 9.52 Å². The van der Waals surface area contributed by atoms with Crippen LogP contribution in [0.3, 0.4) is 0 Å². The number of hydrogen-bond acceptors (Lipinski definition) is 4. The van der Waals surface area contributed by atoms with E-state index < -0.39 is 15.8 Å². The van der Waals surface area contributed by atoms with Crippen LogP contribution in [0.25, 0.3) is 0 Å². The van der Waals surface area contributed by atoms with Crippen LogP contribution in [-0.4, -0.2) is 20.9 Å². The molecule has 0 aromatic heterocycles. The number of carbonyl (C=O) groups excluding carboxylic acids is 1. The number of ether oxygens (including phenoxy) is 1. The quantitative estimate of drug-likeness (QED) is 0.623. The Bertz CT molecular complexity index is 1230. The molecule has 2 N–H and O–H groups in total. The lowest BCUT2D eigenvalue weighted by atomic mass is 9.99. The van der Waals surface area contributed by atoms with Crippen LogP contribution < -0.4 is 14.8 Å². The predicted molar refractivity (Wildman–Crippen MR) is 115 cm³/mol. The van der Waals surface area contributed by atoms with Gasteiger partial charge in [0.25, 0.3) is 15.9 Å². The molecule has 0 bridgehead atoms. The van der Waals surface area contributed by atoms with Crippen molar-refractivity contribution >= 4 is 21.6 Å². The number of sulfonamides is 1. The molecule has 160 valence electrons. The van der Waals surface area contributed by atoms with E-state index >= 15 is 0 Å². The third kappa shape index (κ3) is 4.54. The molecule has 1 heterocycles. The number of aryl methyl sites for hydroxylation is 1. The summed E-state index contributed by atoms with van der Waals surface area (Å²) in [6, 6.07) is 16.6. The fraction of sp³-hybridized carbons (Fsp3) is 0.174. The number of hydrogen-bond donors (Lipinski definition) is 2. The summed E-state index contributed by atoms with van der Waals surface area (Å²) in [5, 5.41) is 2.99. The van der Waals surface area contributed by atoms with Crippen LogP contribution in [-0.2, 0) is 10.0 Å². The van der Waals surface area contributed by atoms with Crippen molar-refractivity contribution in [2.24, 2.45) is 0 Å². The summed E-state index contributed by atoms with van der Waals surface area (Å²) in [6.07, 6.45) is 0.617. The Morgan fingerprint density at radius 2 is 1.81 bits per heavy atom. The molecule has 0 saturated heterocycles. The van der Waals surface area contributed by atoms with E-state index in [4.69, 9.17) is 4.74 Å². The summed E-state index contributed by atoms with van der Waals surface area (Å²) in [5.74, 6) is -0.0967. The van der Waals surface area contributed by atoms with E-state index in [-0.39, 0.29) is 28.1 Å². The van der Waals surface area contributed by atoms with Gasteiger partial charge in [-0.25, -0.2) is 12.8 Å². The minimum Gasteiger partial charge on any atom is -0.493 e. The van der Waals surface area contributed by atoms with Crippen LogP contribution in [0.4, 0.5) is 10.1 Å². The van der Waals surface area contributed by atoms with E-state index in [9.17, 15) is 17.6 Å². The molecule has 0 unspecified atom stereocenters. The normalized spacial score (nSPS) is 15.5. The molecule has 0 spiro atoms. The topological polar surface area (TPSA) is 84.5 Å². The van der Waals surface area contributed by atoms with Crippen molar-refractivity contribution in [3.8, 4) is 5.75 Å². The van der Waals surface area contributed by atoms with Crippen LogP contribution in [0.1, 0.15) is 33.9 Å². The monoisotopic (exact) mass is 440 g/mol. The molecule has 0 aliphatic carbocycles. The molecule has 8 heteroatoms. The molecule has 3 aromatic rings. The molecule has 4 rings (SSSR count). The SMILES string of the molecule is Cc1ccc(S(=O)(=O)Nc2ccc(F)cc2)cc1C(=O)N[C@H]1CCOc2ccccc21. The zero-order valence-electron chi connectivity index (χ0n) is 16.8. The summed E-state index contributed by atoms with van der Waals surface area (Å²) in [7, 11) is -3.95. The highest BCUT2D eigenvalue weighted by Crippen LogP contribution is 2.32. The molecule has 6 nitrogen and oxygen atoms in total. The van der Waals surface area contributed by atoms with Crippen molar-refractivity contribution < 1.29 is 22.3 Å². The van der Waals surface area contributed by atoms with Gasteiger partial charge in [0.15, 0.2) is 0 Å². The van der Waals surface area contributed by atoms with Gasteiger partial charge in [0.1, 0.15) is 11.6 Å². The van der Waals surface area contributed by atoms with Gasteiger partial charge < -0.3 is 10.1 Å². The molecular formula is C23H21FN2O4S. The van der Waals surface area contributed by atoms with Crippen LogP contribution in [0.2, 0.25) is 0 Å². The molecule has 1 atom stereocenters. The Hall–Kier alpha value is -3.39. The maximum Gasteiger partial charge on any atom is 0.261 e. The zero-order valence-corrected chi connectivity index (χ0v) is 17.6. The third-order valence-electron chi connectivity index (χ3n) is 5.12. The highest BCUT2D eigenvalue weighted by atomic mass is 32.2. The van der Waals surface area contributed by atoms with Crippen molar-refractivity contribution in [3.05, 3.63) is 89.2 Å².